The number of anilines is 1. The molecule has 0 saturated carbocycles. The fraction of sp³-hybridized carbons (Fsp3) is 0.250. The Morgan fingerprint density at radius 1 is 1.10 bits per heavy atom. The molecule has 20 heavy (non-hydrogen) atoms. The number of ether oxygens (including phenoxy) is 2. The summed E-state index contributed by atoms with van der Waals surface area (Å²) in [4.78, 5) is 0. The summed E-state index contributed by atoms with van der Waals surface area (Å²) in [5, 5.41) is 13.2. The molecule has 0 heterocycles. The number of benzene rings is 2. The fourth-order valence-electron chi connectivity index (χ4n) is 1.88. The predicted molar refractivity (Wildman–Crippen MR) is 79.6 cm³/mol. The van der Waals surface area contributed by atoms with Crippen molar-refractivity contribution in [1.82, 2.24) is 0 Å². The van der Waals surface area contributed by atoms with Crippen molar-refractivity contribution in [3.05, 3.63) is 48.0 Å². The van der Waals surface area contributed by atoms with E-state index >= 15 is 0 Å². The molecule has 0 aliphatic heterocycles. The molecule has 0 aliphatic carbocycles. The van der Waals surface area contributed by atoms with Gasteiger partial charge < -0.3 is 19.9 Å². The number of rotatable bonds is 6. The van der Waals surface area contributed by atoms with E-state index < -0.39 is 0 Å². The highest BCUT2D eigenvalue weighted by Crippen LogP contribution is 2.25. The van der Waals surface area contributed by atoms with Crippen LogP contribution in [0.4, 0.5) is 5.69 Å². The van der Waals surface area contributed by atoms with E-state index in [0.29, 0.717) is 18.9 Å². The van der Waals surface area contributed by atoms with Gasteiger partial charge in [-0.25, -0.2) is 0 Å². The first kappa shape index (κ1) is 14.1. The van der Waals surface area contributed by atoms with Gasteiger partial charge in [-0.05, 0) is 31.2 Å². The highest BCUT2D eigenvalue weighted by molar-refractivity contribution is 5.50. The lowest BCUT2D eigenvalue weighted by Gasteiger charge is -2.10. The van der Waals surface area contributed by atoms with Crippen molar-refractivity contribution in [3.8, 4) is 17.2 Å². The second-order valence-corrected chi connectivity index (χ2v) is 4.31. The third-order valence-corrected chi connectivity index (χ3v) is 2.92. The summed E-state index contributed by atoms with van der Waals surface area (Å²) in [6.45, 7) is 3.13. The minimum atomic E-state index is 0.220. The molecular formula is C16H19NO3. The summed E-state index contributed by atoms with van der Waals surface area (Å²) in [6.07, 6.45) is 0. The zero-order valence-electron chi connectivity index (χ0n) is 11.7. The molecule has 0 bridgehead atoms. The number of nitrogens with one attached hydrogen (secondary N) is 1. The molecule has 0 radical (unpaired) electrons. The molecule has 0 amide bonds. The van der Waals surface area contributed by atoms with Crippen LogP contribution in [0.25, 0.3) is 0 Å². The average Bonchev–Trinajstić information content (AvgIpc) is 2.46. The summed E-state index contributed by atoms with van der Waals surface area (Å²) in [5.41, 5.74) is 1.76. The molecule has 0 aliphatic rings. The zero-order valence-corrected chi connectivity index (χ0v) is 11.7. The molecule has 4 nitrogen and oxygen atoms in total. The first-order valence-corrected chi connectivity index (χ1v) is 6.55. The maximum Gasteiger partial charge on any atom is 0.124 e. The molecule has 0 fully saturated rings. The average molecular weight is 273 g/mol. The first-order valence-electron chi connectivity index (χ1n) is 6.55. The normalized spacial score (nSPS) is 10.1. The van der Waals surface area contributed by atoms with Crippen molar-refractivity contribution in [2.24, 2.45) is 0 Å². The molecule has 2 aromatic rings. The van der Waals surface area contributed by atoms with Crippen molar-refractivity contribution >= 4 is 5.69 Å². The monoisotopic (exact) mass is 273 g/mol. The lowest BCUT2D eigenvalue weighted by atomic mass is 10.2. The minimum absolute atomic E-state index is 0.220. The summed E-state index contributed by atoms with van der Waals surface area (Å²) in [6, 6.07) is 13.0. The maximum atomic E-state index is 9.89. The summed E-state index contributed by atoms with van der Waals surface area (Å²) in [7, 11) is 1.58. The number of hydrogen-bond donors (Lipinski definition) is 2. The predicted octanol–water partition coefficient (Wildman–Crippen LogP) is 3.41. The Morgan fingerprint density at radius 2 is 1.95 bits per heavy atom. The lowest BCUT2D eigenvalue weighted by Crippen LogP contribution is -2.00. The van der Waals surface area contributed by atoms with Gasteiger partial charge in [-0.2, -0.15) is 0 Å². The molecule has 2 rings (SSSR count). The van der Waals surface area contributed by atoms with Gasteiger partial charge in [0, 0.05) is 29.9 Å². The van der Waals surface area contributed by atoms with Crippen molar-refractivity contribution in [3.63, 3.8) is 0 Å². The van der Waals surface area contributed by atoms with Crippen LogP contribution in [0.15, 0.2) is 42.5 Å². The number of methoxy groups -OCH3 is 1. The van der Waals surface area contributed by atoms with Crippen LogP contribution in [0.5, 0.6) is 17.2 Å². The van der Waals surface area contributed by atoms with Crippen LogP contribution >= 0.6 is 0 Å². The van der Waals surface area contributed by atoms with E-state index in [-0.39, 0.29) is 5.75 Å². The van der Waals surface area contributed by atoms with Gasteiger partial charge in [0.2, 0.25) is 0 Å². The Bertz CT molecular complexity index is 569. The van der Waals surface area contributed by atoms with Crippen molar-refractivity contribution in [1.29, 1.82) is 0 Å². The Hall–Kier alpha value is -2.36. The number of aromatic hydroxyl groups is 1. The molecule has 0 spiro atoms. The quantitative estimate of drug-likeness (QED) is 0.846. The second-order valence-electron chi connectivity index (χ2n) is 4.31. The van der Waals surface area contributed by atoms with Crippen molar-refractivity contribution < 1.29 is 14.6 Å². The number of phenolic OH excluding ortho intramolecular Hbond substituents is 1. The first-order chi connectivity index (χ1) is 9.72. The number of phenols is 1. The minimum Gasteiger partial charge on any atom is -0.507 e. The highest BCUT2D eigenvalue weighted by Gasteiger charge is 2.03. The molecule has 0 aromatic heterocycles. The van der Waals surface area contributed by atoms with Crippen molar-refractivity contribution in [2.45, 2.75) is 13.5 Å². The van der Waals surface area contributed by atoms with Gasteiger partial charge in [0.15, 0.2) is 0 Å². The Labute approximate surface area is 119 Å². The largest absolute Gasteiger partial charge is 0.507 e. The number of hydrogen-bond acceptors (Lipinski definition) is 4. The zero-order chi connectivity index (χ0) is 14.4. The van der Waals surface area contributed by atoms with Gasteiger partial charge in [-0.3, -0.25) is 0 Å². The van der Waals surface area contributed by atoms with Crippen LogP contribution in [-0.4, -0.2) is 18.8 Å². The smallest absolute Gasteiger partial charge is 0.124 e. The third-order valence-electron chi connectivity index (χ3n) is 2.92. The van der Waals surface area contributed by atoms with E-state index in [9.17, 15) is 5.11 Å². The van der Waals surface area contributed by atoms with Gasteiger partial charge in [-0.1, -0.05) is 6.07 Å². The molecule has 2 N–H and O–H groups in total. The molecule has 106 valence electrons. The molecule has 2 aromatic carbocycles. The van der Waals surface area contributed by atoms with Gasteiger partial charge in [0.1, 0.15) is 17.2 Å². The highest BCUT2D eigenvalue weighted by atomic mass is 16.5. The Balaban J connectivity index is 2.03. The standard InChI is InChI=1S/C16H19NO3/c1-3-20-15-6-4-5-13(9-15)17-11-12-7-8-14(19-2)10-16(12)18/h4-10,17-18H,3,11H2,1-2H3. The van der Waals surface area contributed by atoms with Crippen molar-refractivity contribution in [2.75, 3.05) is 19.0 Å². The van der Waals surface area contributed by atoms with E-state index in [1.54, 1.807) is 13.2 Å². The second kappa shape index (κ2) is 6.70. The molecule has 0 saturated heterocycles. The van der Waals surface area contributed by atoms with E-state index in [4.69, 9.17) is 9.47 Å². The molecule has 0 unspecified atom stereocenters. The SMILES string of the molecule is CCOc1cccc(NCc2ccc(OC)cc2O)c1. The van der Waals surface area contributed by atoms with E-state index in [1.165, 1.54) is 0 Å². The van der Waals surface area contributed by atoms with Crippen LogP contribution in [0.2, 0.25) is 0 Å². The fourth-order valence-corrected chi connectivity index (χ4v) is 1.88. The summed E-state index contributed by atoms with van der Waals surface area (Å²) in [5.74, 6) is 1.69. The summed E-state index contributed by atoms with van der Waals surface area (Å²) < 4.78 is 10.5. The van der Waals surface area contributed by atoms with Crippen LogP contribution in [0.3, 0.4) is 0 Å². The van der Waals surface area contributed by atoms with Gasteiger partial charge in [0.05, 0.1) is 13.7 Å². The van der Waals surface area contributed by atoms with E-state index in [2.05, 4.69) is 5.32 Å². The topological polar surface area (TPSA) is 50.7 Å². The van der Waals surface area contributed by atoms with Gasteiger partial charge in [0.25, 0.3) is 0 Å². The molecule has 4 heteroatoms. The van der Waals surface area contributed by atoms with Crippen LogP contribution in [-0.2, 0) is 6.54 Å². The van der Waals surface area contributed by atoms with Crippen LogP contribution in [0.1, 0.15) is 12.5 Å². The Kier molecular flexibility index (Phi) is 4.71. The third kappa shape index (κ3) is 3.57. The van der Waals surface area contributed by atoms with Gasteiger partial charge in [-0.15, -0.1) is 0 Å². The van der Waals surface area contributed by atoms with Crippen LogP contribution in [0, 0.1) is 0 Å². The van der Waals surface area contributed by atoms with Crippen LogP contribution < -0.4 is 14.8 Å². The maximum absolute atomic E-state index is 9.89. The van der Waals surface area contributed by atoms with E-state index in [0.717, 1.165) is 17.0 Å². The van der Waals surface area contributed by atoms with Gasteiger partial charge >= 0.3 is 0 Å². The molecular weight excluding hydrogens is 254 g/mol. The summed E-state index contributed by atoms with van der Waals surface area (Å²) >= 11 is 0. The molecule has 0 atom stereocenters. The lowest BCUT2D eigenvalue weighted by molar-refractivity contribution is 0.340. The van der Waals surface area contributed by atoms with E-state index in [1.807, 2.05) is 43.3 Å². The Morgan fingerprint density at radius 3 is 2.65 bits per heavy atom.